The molecule has 7 heteroatoms. The zero-order chi connectivity index (χ0) is 22.8. The molecule has 1 aromatic heterocycles. The van der Waals surface area contributed by atoms with Gasteiger partial charge in [0.1, 0.15) is 10.6 Å². The molecule has 32 heavy (non-hydrogen) atoms. The number of fused-ring (bicyclic) bond motifs is 1. The van der Waals surface area contributed by atoms with Crippen LogP contribution in [0.25, 0.3) is 0 Å². The molecular weight excluding hydrogens is 424 g/mol. The van der Waals surface area contributed by atoms with Gasteiger partial charge < -0.3 is 20.5 Å². The van der Waals surface area contributed by atoms with Crippen molar-refractivity contribution in [1.82, 2.24) is 0 Å². The maximum atomic E-state index is 13.2. The molecule has 3 N–H and O–H groups in total. The molecule has 0 fully saturated rings. The molecule has 1 aliphatic heterocycles. The fourth-order valence-corrected chi connectivity index (χ4v) is 5.11. The molecular formula is C25H24N2O4S. The second kappa shape index (κ2) is 8.88. The molecule has 1 unspecified atom stereocenters. The average Bonchev–Trinajstić information content (AvgIpc) is 3.14. The first-order valence-electron chi connectivity index (χ1n) is 10.3. The quantitative estimate of drug-likeness (QED) is 0.409. The topological polar surface area (TPSA) is 90.7 Å². The van der Waals surface area contributed by atoms with E-state index < -0.39 is 11.9 Å². The highest BCUT2D eigenvalue weighted by Gasteiger charge is 2.38. The lowest BCUT2D eigenvalue weighted by molar-refractivity contribution is -0.138. The molecule has 0 radical (unpaired) electrons. The van der Waals surface area contributed by atoms with Crippen molar-refractivity contribution in [3.05, 3.63) is 87.4 Å². The number of nitrogens with one attached hydrogen (secondary N) is 1. The summed E-state index contributed by atoms with van der Waals surface area (Å²) in [5.74, 6) is -0.317. The number of rotatable bonds is 6. The number of methoxy groups -OCH3 is 1. The Morgan fingerprint density at radius 3 is 2.41 bits per heavy atom. The number of carbonyl (C=O) groups is 2. The van der Waals surface area contributed by atoms with Crippen LogP contribution in [0.4, 0.5) is 10.7 Å². The van der Waals surface area contributed by atoms with Crippen LogP contribution in [0, 0.1) is 0 Å². The van der Waals surface area contributed by atoms with Crippen LogP contribution in [0.2, 0.25) is 0 Å². The number of esters is 1. The predicted octanol–water partition coefficient (Wildman–Crippen LogP) is 4.96. The van der Waals surface area contributed by atoms with Gasteiger partial charge in [-0.3, -0.25) is 4.79 Å². The maximum absolute atomic E-state index is 13.2. The first-order valence-corrected chi connectivity index (χ1v) is 11.1. The van der Waals surface area contributed by atoms with Crippen LogP contribution in [0.1, 0.15) is 46.1 Å². The minimum atomic E-state index is -0.468. The van der Waals surface area contributed by atoms with Gasteiger partial charge in [-0.1, -0.05) is 42.5 Å². The van der Waals surface area contributed by atoms with Gasteiger partial charge in [-0.25, -0.2) is 4.79 Å². The first-order chi connectivity index (χ1) is 15.5. The van der Waals surface area contributed by atoms with Crippen LogP contribution >= 0.6 is 11.3 Å². The van der Waals surface area contributed by atoms with E-state index in [-0.39, 0.29) is 12.4 Å². The Hall–Kier alpha value is -3.58. The molecule has 0 saturated heterocycles. The molecule has 0 aliphatic carbocycles. The summed E-state index contributed by atoms with van der Waals surface area (Å²) in [6.45, 7) is 3.86. The number of hydrogen-bond acceptors (Lipinski definition) is 7. The predicted molar refractivity (Wildman–Crippen MR) is 126 cm³/mol. The molecule has 0 spiro atoms. The third-order valence-corrected chi connectivity index (χ3v) is 6.59. The van der Waals surface area contributed by atoms with Gasteiger partial charge >= 0.3 is 5.97 Å². The van der Waals surface area contributed by atoms with Gasteiger partial charge in [0.25, 0.3) is 0 Å². The lowest BCUT2D eigenvalue weighted by Crippen LogP contribution is -2.24. The highest BCUT2D eigenvalue weighted by atomic mass is 32.1. The number of ketones is 1. The second-order valence-electron chi connectivity index (χ2n) is 7.37. The van der Waals surface area contributed by atoms with E-state index in [1.165, 1.54) is 11.3 Å². The summed E-state index contributed by atoms with van der Waals surface area (Å²) in [5, 5.41) is 4.04. The molecule has 1 aliphatic rings. The molecule has 2 aromatic carbocycles. The standard InChI is InChI=1S/C25H24N2O4S/c1-4-31-25(29)18-14(2)27-24-20(19(18)15-10-12-17(30-3)13-11-15)21(26)23(32-24)22(28)16-8-6-5-7-9-16/h5-13,19,27H,4,26H2,1-3H3. The number of allylic oxidation sites excluding steroid dienone is 1. The SMILES string of the molecule is CCOC(=O)C1=C(C)Nc2sc(C(=O)c3ccccc3)c(N)c2C1c1ccc(OC)cc1. The Kier molecular flexibility index (Phi) is 6.01. The zero-order valence-corrected chi connectivity index (χ0v) is 18.9. The number of ether oxygens (including phenoxy) is 2. The van der Waals surface area contributed by atoms with Crippen molar-refractivity contribution >= 4 is 33.8 Å². The Balaban J connectivity index is 1.87. The van der Waals surface area contributed by atoms with Gasteiger partial charge in [0.2, 0.25) is 5.78 Å². The van der Waals surface area contributed by atoms with Crippen LogP contribution in [-0.2, 0) is 9.53 Å². The van der Waals surface area contributed by atoms with Gasteiger partial charge in [-0.15, -0.1) is 11.3 Å². The number of nitrogen functional groups attached to an aromatic ring is 1. The van der Waals surface area contributed by atoms with E-state index in [1.54, 1.807) is 26.2 Å². The second-order valence-corrected chi connectivity index (χ2v) is 8.39. The van der Waals surface area contributed by atoms with Crippen molar-refractivity contribution in [1.29, 1.82) is 0 Å². The lowest BCUT2D eigenvalue weighted by Gasteiger charge is -2.28. The van der Waals surface area contributed by atoms with Gasteiger partial charge in [-0.2, -0.15) is 0 Å². The molecule has 4 rings (SSSR count). The van der Waals surface area contributed by atoms with Gasteiger partial charge in [-0.05, 0) is 31.5 Å². The van der Waals surface area contributed by atoms with Crippen molar-refractivity contribution in [2.75, 3.05) is 24.8 Å². The van der Waals surface area contributed by atoms with E-state index >= 15 is 0 Å². The summed E-state index contributed by atoms with van der Waals surface area (Å²) >= 11 is 1.31. The molecule has 6 nitrogen and oxygen atoms in total. The molecule has 164 valence electrons. The third-order valence-electron chi connectivity index (χ3n) is 5.45. The fraction of sp³-hybridized carbons (Fsp3) is 0.200. The summed E-state index contributed by atoms with van der Waals surface area (Å²) < 4.78 is 10.6. The summed E-state index contributed by atoms with van der Waals surface area (Å²) in [5.41, 5.74) is 10.3. The number of thiophene rings is 1. The highest BCUT2D eigenvalue weighted by Crippen LogP contribution is 2.50. The van der Waals surface area contributed by atoms with E-state index in [1.807, 2.05) is 49.4 Å². The Bertz CT molecular complexity index is 1200. The monoisotopic (exact) mass is 448 g/mol. The summed E-state index contributed by atoms with van der Waals surface area (Å²) in [4.78, 5) is 26.6. The lowest BCUT2D eigenvalue weighted by atomic mass is 9.81. The largest absolute Gasteiger partial charge is 0.497 e. The fourth-order valence-electron chi connectivity index (χ4n) is 3.93. The van der Waals surface area contributed by atoms with Crippen molar-refractivity contribution in [3.63, 3.8) is 0 Å². The Morgan fingerprint density at radius 1 is 1.09 bits per heavy atom. The van der Waals surface area contributed by atoms with Crippen LogP contribution < -0.4 is 15.8 Å². The van der Waals surface area contributed by atoms with Gasteiger partial charge in [0, 0.05) is 22.7 Å². The molecule has 1 atom stereocenters. The molecule has 2 heterocycles. The van der Waals surface area contributed by atoms with Crippen molar-refractivity contribution in [2.24, 2.45) is 0 Å². The van der Waals surface area contributed by atoms with Crippen molar-refractivity contribution in [2.45, 2.75) is 19.8 Å². The van der Waals surface area contributed by atoms with Gasteiger partial charge in [0.05, 0.1) is 30.0 Å². The molecule has 3 aromatic rings. The number of anilines is 2. The molecule has 0 bridgehead atoms. The van der Waals surface area contributed by atoms with E-state index in [0.29, 0.717) is 38.7 Å². The Morgan fingerprint density at radius 2 is 1.78 bits per heavy atom. The summed E-state index contributed by atoms with van der Waals surface area (Å²) in [7, 11) is 1.60. The molecule has 0 amide bonds. The number of benzene rings is 2. The number of nitrogens with two attached hydrogens (primary N) is 1. The summed E-state index contributed by atoms with van der Waals surface area (Å²) in [6, 6.07) is 16.5. The van der Waals surface area contributed by atoms with Crippen molar-refractivity contribution in [3.8, 4) is 5.75 Å². The smallest absolute Gasteiger partial charge is 0.336 e. The van der Waals surface area contributed by atoms with E-state index in [2.05, 4.69) is 5.32 Å². The third kappa shape index (κ3) is 3.76. The van der Waals surface area contributed by atoms with Gasteiger partial charge in [0.15, 0.2) is 0 Å². The van der Waals surface area contributed by atoms with Crippen molar-refractivity contribution < 1.29 is 19.1 Å². The van der Waals surface area contributed by atoms with E-state index in [9.17, 15) is 9.59 Å². The van der Waals surface area contributed by atoms with E-state index in [4.69, 9.17) is 15.2 Å². The normalized spacial score (nSPS) is 15.0. The maximum Gasteiger partial charge on any atom is 0.336 e. The van der Waals surface area contributed by atoms with Crippen LogP contribution in [0.5, 0.6) is 5.75 Å². The minimum Gasteiger partial charge on any atom is -0.497 e. The van der Waals surface area contributed by atoms with Crippen LogP contribution in [0.3, 0.4) is 0 Å². The van der Waals surface area contributed by atoms with Crippen LogP contribution in [-0.4, -0.2) is 25.5 Å². The average molecular weight is 449 g/mol. The minimum absolute atomic E-state index is 0.145. The zero-order valence-electron chi connectivity index (χ0n) is 18.1. The Labute approximate surface area is 190 Å². The number of carbonyl (C=O) groups excluding carboxylic acids is 2. The first kappa shape index (κ1) is 21.6. The summed E-state index contributed by atoms with van der Waals surface area (Å²) in [6.07, 6.45) is 0. The van der Waals surface area contributed by atoms with Crippen LogP contribution in [0.15, 0.2) is 65.9 Å². The van der Waals surface area contributed by atoms with E-state index in [0.717, 1.165) is 10.6 Å². The number of hydrogen-bond donors (Lipinski definition) is 2. The highest BCUT2D eigenvalue weighted by molar-refractivity contribution is 7.19. The molecule has 0 saturated carbocycles.